The van der Waals surface area contributed by atoms with Crippen molar-refractivity contribution in [2.45, 2.75) is 65.1 Å². The molecule has 0 spiro atoms. The summed E-state index contributed by atoms with van der Waals surface area (Å²) in [6.45, 7) is 9.16. The van der Waals surface area contributed by atoms with Gasteiger partial charge < -0.3 is 20.5 Å². The van der Waals surface area contributed by atoms with E-state index in [0.29, 0.717) is 11.9 Å². The van der Waals surface area contributed by atoms with Gasteiger partial charge in [-0.25, -0.2) is 0 Å². The molecule has 142 valence electrons. The number of rotatable bonds is 5. The van der Waals surface area contributed by atoms with Crippen LogP contribution in [0.4, 0.5) is 0 Å². The second-order valence-corrected chi connectivity index (χ2v) is 6.77. The number of hydrogen-bond donors (Lipinski definition) is 3. The Kier molecular flexibility index (Phi) is 8.60. The van der Waals surface area contributed by atoms with E-state index < -0.39 is 0 Å². The molecule has 1 aliphatic rings. The highest BCUT2D eigenvalue weighted by atomic mass is 127. The van der Waals surface area contributed by atoms with Gasteiger partial charge in [0.05, 0.1) is 6.54 Å². The Morgan fingerprint density at radius 2 is 2.04 bits per heavy atom. The Labute approximate surface area is 166 Å². The molecule has 9 heteroatoms. The van der Waals surface area contributed by atoms with E-state index in [1.165, 1.54) is 0 Å². The van der Waals surface area contributed by atoms with Crippen LogP contribution in [0.2, 0.25) is 0 Å². The second kappa shape index (κ2) is 9.93. The van der Waals surface area contributed by atoms with Gasteiger partial charge in [-0.3, -0.25) is 9.79 Å². The zero-order valence-electron chi connectivity index (χ0n) is 15.7. The smallest absolute Gasteiger partial charge is 0.239 e. The maximum absolute atomic E-state index is 11.7. The van der Waals surface area contributed by atoms with E-state index in [9.17, 15) is 4.79 Å². The minimum absolute atomic E-state index is 0. The fraction of sp³-hybridized carbons (Fsp3) is 0.750. The molecule has 0 bridgehead atoms. The molecule has 1 amide bonds. The van der Waals surface area contributed by atoms with Crippen LogP contribution in [0.3, 0.4) is 0 Å². The van der Waals surface area contributed by atoms with Crippen molar-refractivity contribution < 1.29 is 4.79 Å². The first-order chi connectivity index (χ1) is 11.4. The molecule has 0 saturated heterocycles. The zero-order chi connectivity index (χ0) is 17.7. The summed E-state index contributed by atoms with van der Waals surface area (Å²) >= 11 is 0. The van der Waals surface area contributed by atoms with Gasteiger partial charge in [0.2, 0.25) is 5.91 Å². The van der Waals surface area contributed by atoms with Gasteiger partial charge in [0.1, 0.15) is 11.6 Å². The summed E-state index contributed by atoms with van der Waals surface area (Å²) in [5, 5.41) is 17.9. The predicted octanol–water partition coefficient (Wildman–Crippen LogP) is 1.02. The molecule has 0 radical (unpaired) electrons. The fourth-order valence-electron chi connectivity index (χ4n) is 2.82. The van der Waals surface area contributed by atoms with Crippen molar-refractivity contribution in [3.05, 3.63) is 11.6 Å². The SMILES string of the molecule is CN=C(NCC(=O)NC(C)C)NC1CCc2nnc(C(C)C)n2C1.I. The number of fused-ring (bicyclic) bond motifs is 1. The monoisotopic (exact) mass is 463 g/mol. The molecule has 8 nitrogen and oxygen atoms in total. The van der Waals surface area contributed by atoms with Gasteiger partial charge in [-0.2, -0.15) is 0 Å². The number of carbonyl (C=O) groups excluding carboxylic acids is 1. The summed E-state index contributed by atoms with van der Waals surface area (Å²) in [7, 11) is 1.71. The number of aryl methyl sites for hydroxylation is 1. The van der Waals surface area contributed by atoms with Crippen molar-refractivity contribution >= 4 is 35.8 Å². The highest BCUT2D eigenvalue weighted by Gasteiger charge is 2.24. The molecule has 2 rings (SSSR count). The normalized spacial score (nSPS) is 17.1. The minimum atomic E-state index is -0.0419. The van der Waals surface area contributed by atoms with Crippen LogP contribution in [0.15, 0.2) is 4.99 Å². The number of carbonyl (C=O) groups is 1. The van der Waals surface area contributed by atoms with Crippen molar-refractivity contribution in [2.75, 3.05) is 13.6 Å². The standard InChI is InChI=1S/C16H29N7O.HI/c1-10(2)15-22-21-13-7-6-12(9-23(13)15)20-16(17-5)18-8-14(24)19-11(3)4;/h10-12H,6-9H2,1-5H3,(H,19,24)(H2,17,18,20);1H. The van der Waals surface area contributed by atoms with Gasteiger partial charge in [-0.1, -0.05) is 13.8 Å². The summed E-state index contributed by atoms with van der Waals surface area (Å²) in [6, 6.07) is 0.375. The summed E-state index contributed by atoms with van der Waals surface area (Å²) in [5.41, 5.74) is 0. The molecular weight excluding hydrogens is 433 g/mol. The highest BCUT2D eigenvalue weighted by molar-refractivity contribution is 14.0. The van der Waals surface area contributed by atoms with E-state index in [-0.39, 0.29) is 48.5 Å². The number of nitrogens with zero attached hydrogens (tertiary/aromatic N) is 4. The van der Waals surface area contributed by atoms with Crippen molar-refractivity contribution in [1.29, 1.82) is 0 Å². The Morgan fingerprint density at radius 3 is 2.64 bits per heavy atom. The largest absolute Gasteiger partial charge is 0.352 e. The quantitative estimate of drug-likeness (QED) is 0.345. The summed E-state index contributed by atoms with van der Waals surface area (Å²) < 4.78 is 2.20. The number of guanidine groups is 1. The Balaban J connectivity index is 0.00000312. The number of halogens is 1. The van der Waals surface area contributed by atoms with Crippen LogP contribution >= 0.6 is 24.0 Å². The first kappa shape index (κ1) is 21.7. The Morgan fingerprint density at radius 1 is 1.32 bits per heavy atom. The maximum atomic E-state index is 11.7. The molecule has 0 aromatic carbocycles. The number of aliphatic imine (C=N–C) groups is 1. The van der Waals surface area contributed by atoms with Crippen LogP contribution in [-0.2, 0) is 17.8 Å². The van der Waals surface area contributed by atoms with E-state index >= 15 is 0 Å². The average molecular weight is 463 g/mol. The molecule has 2 heterocycles. The molecule has 1 aromatic rings. The lowest BCUT2D eigenvalue weighted by atomic mass is 10.1. The van der Waals surface area contributed by atoms with Crippen LogP contribution in [0.25, 0.3) is 0 Å². The molecule has 0 fully saturated rings. The molecule has 3 N–H and O–H groups in total. The van der Waals surface area contributed by atoms with Crippen molar-refractivity contribution in [3.8, 4) is 0 Å². The predicted molar refractivity (Wildman–Crippen MR) is 109 cm³/mol. The van der Waals surface area contributed by atoms with E-state index in [1.54, 1.807) is 7.05 Å². The maximum Gasteiger partial charge on any atom is 0.239 e. The lowest BCUT2D eigenvalue weighted by molar-refractivity contribution is -0.120. The van der Waals surface area contributed by atoms with Crippen LogP contribution in [0, 0.1) is 0 Å². The molecule has 25 heavy (non-hydrogen) atoms. The number of nitrogens with one attached hydrogen (secondary N) is 3. The van der Waals surface area contributed by atoms with Gasteiger partial charge in [0.15, 0.2) is 5.96 Å². The molecule has 1 aliphatic heterocycles. The first-order valence-electron chi connectivity index (χ1n) is 8.59. The van der Waals surface area contributed by atoms with Gasteiger partial charge in [-0.05, 0) is 20.3 Å². The fourth-order valence-corrected chi connectivity index (χ4v) is 2.82. The molecule has 1 aromatic heterocycles. The molecule has 0 aliphatic carbocycles. The van der Waals surface area contributed by atoms with Gasteiger partial charge in [-0.15, -0.1) is 34.2 Å². The highest BCUT2D eigenvalue weighted by Crippen LogP contribution is 2.19. The Bertz CT molecular complexity index is 597. The second-order valence-electron chi connectivity index (χ2n) is 6.77. The van der Waals surface area contributed by atoms with Crippen molar-refractivity contribution in [3.63, 3.8) is 0 Å². The van der Waals surface area contributed by atoms with Gasteiger partial charge >= 0.3 is 0 Å². The minimum Gasteiger partial charge on any atom is -0.352 e. The van der Waals surface area contributed by atoms with Crippen molar-refractivity contribution in [2.24, 2.45) is 4.99 Å². The summed E-state index contributed by atoms with van der Waals surface area (Å²) in [5.74, 6) is 3.02. The summed E-state index contributed by atoms with van der Waals surface area (Å²) in [4.78, 5) is 15.9. The number of hydrogen-bond acceptors (Lipinski definition) is 4. The number of aromatic nitrogens is 3. The Hall–Kier alpha value is -1.39. The van der Waals surface area contributed by atoms with E-state index in [4.69, 9.17) is 0 Å². The van der Waals surface area contributed by atoms with Gasteiger partial charge in [0.25, 0.3) is 0 Å². The van der Waals surface area contributed by atoms with Crippen LogP contribution in [-0.4, -0.2) is 52.3 Å². The van der Waals surface area contributed by atoms with E-state index in [2.05, 4.69) is 49.6 Å². The third kappa shape index (κ3) is 6.12. The van der Waals surface area contributed by atoms with E-state index in [1.807, 2.05) is 13.8 Å². The summed E-state index contributed by atoms with van der Waals surface area (Å²) in [6.07, 6.45) is 1.86. The molecule has 1 unspecified atom stereocenters. The molecule has 0 saturated carbocycles. The lowest BCUT2D eigenvalue weighted by Gasteiger charge is -2.27. The molecular formula is C16H30IN7O. The molecule has 1 atom stereocenters. The van der Waals surface area contributed by atoms with Crippen LogP contribution < -0.4 is 16.0 Å². The van der Waals surface area contributed by atoms with Gasteiger partial charge in [0, 0.05) is 38.0 Å². The van der Waals surface area contributed by atoms with Crippen molar-refractivity contribution in [1.82, 2.24) is 30.7 Å². The first-order valence-corrected chi connectivity index (χ1v) is 8.59. The third-order valence-electron chi connectivity index (χ3n) is 3.92. The van der Waals surface area contributed by atoms with Crippen LogP contribution in [0.1, 0.15) is 51.7 Å². The topological polar surface area (TPSA) is 96.2 Å². The zero-order valence-corrected chi connectivity index (χ0v) is 18.0. The lowest BCUT2D eigenvalue weighted by Crippen LogP contribution is -2.49. The number of amides is 1. The third-order valence-corrected chi connectivity index (χ3v) is 3.92. The average Bonchev–Trinajstić information content (AvgIpc) is 2.94. The van der Waals surface area contributed by atoms with E-state index in [0.717, 1.165) is 31.0 Å². The van der Waals surface area contributed by atoms with Crippen LogP contribution in [0.5, 0.6) is 0 Å².